The maximum atomic E-state index is 12.4. The van der Waals surface area contributed by atoms with Crippen molar-refractivity contribution in [1.82, 2.24) is 10.2 Å². The third-order valence-corrected chi connectivity index (χ3v) is 4.91. The van der Waals surface area contributed by atoms with E-state index in [1.807, 2.05) is 6.07 Å². The third kappa shape index (κ3) is 3.89. The van der Waals surface area contributed by atoms with E-state index in [0.717, 1.165) is 38.3 Å². The Morgan fingerprint density at radius 1 is 1.23 bits per heavy atom. The lowest BCUT2D eigenvalue weighted by atomic mass is 10.0. The number of nitrogens with zero attached hydrogens (tertiary/aromatic N) is 1. The van der Waals surface area contributed by atoms with Gasteiger partial charge in [-0.15, -0.1) is 0 Å². The van der Waals surface area contributed by atoms with Gasteiger partial charge in [0.1, 0.15) is 0 Å². The van der Waals surface area contributed by atoms with Crippen LogP contribution in [0.25, 0.3) is 0 Å². The summed E-state index contributed by atoms with van der Waals surface area (Å²) < 4.78 is 0. The van der Waals surface area contributed by atoms with Crippen molar-refractivity contribution in [2.45, 2.75) is 45.1 Å². The van der Waals surface area contributed by atoms with Gasteiger partial charge in [0.25, 0.3) is 0 Å². The van der Waals surface area contributed by atoms with Gasteiger partial charge in [-0.1, -0.05) is 44.2 Å². The summed E-state index contributed by atoms with van der Waals surface area (Å²) in [5.74, 6) is 1.65. The molecule has 22 heavy (non-hydrogen) atoms. The molecule has 1 aromatic rings. The number of likely N-dealkylation sites (tertiary alicyclic amines) is 1. The number of carbonyl (C=O) groups excluding carboxylic acids is 1. The van der Waals surface area contributed by atoms with E-state index in [9.17, 15) is 4.79 Å². The highest BCUT2D eigenvalue weighted by atomic mass is 16.2. The molecule has 1 N–H and O–H groups in total. The molecule has 120 valence electrons. The van der Waals surface area contributed by atoms with Crippen LogP contribution in [0.3, 0.4) is 0 Å². The van der Waals surface area contributed by atoms with Gasteiger partial charge in [-0.2, -0.15) is 0 Å². The van der Waals surface area contributed by atoms with Crippen molar-refractivity contribution in [3.63, 3.8) is 0 Å². The number of piperidine rings is 1. The van der Waals surface area contributed by atoms with Gasteiger partial charge in [0.15, 0.2) is 0 Å². The van der Waals surface area contributed by atoms with Crippen molar-refractivity contribution in [3.8, 4) is 0 Å². The second kappa shape index (κ2) is 6.82. The highest BCUT2D eigenvalue weighted by Crippen LogP contribution is 2.47. The van der Waals surface area contributed by atoms with Crippen LogP contribution in [-0.2, 0) is 4.79 Å². The van der Waals surface area contributed by atoms with Crippen LogP contribution >= 0.6 is 0 Å². The Morgan fingerprint density at radius 2 is 1.91 bits per heavy atom. The molecule has 1 saturated heterocycles. The number of hydrogen-bond acceptors (Lipinski definition) is 2. The van der Waals surface area contributed by atoms with E-state index in [4.69, 9.17) is 0 Å². The highest BCUT2D eigenvalue weighted by molar-refractivity contribution is 5.83. The molecule has 2 fully saturated rings. The first-order chi connectivity index (χ1) is 10.6. The minimum Gasteiger partial charge on any atom is -0.353 e. The van der Waals surface area contributed by atoms with Crippen molar-refractivity contribution >= 4 is 5.91 Å². The van der Waals surface area contributed by atoms with Crippen molar-refractivity contribution in [1.29, 1.82) is 0 Å². The average Bonchev–Trinajstić information content (AvgIpc) is 3.30. The van der Waals surface area contributed by atoms with Gasteiger partial charge in [-0.25, -0.2) is 0 Å². The summed E-state index contributed by atoms with van der Waals surface area (Å²) in [6.07, 6.45) is 3.21. The molecule has 3 heteroatoms. The maximum Gasteiger partial charge on any atom is 0.223 e. The number of nitrogens with one attached hydrogen (secondary N) is 1. The number of rotatable bonds is 5. The van der Waals surface area contributed by atoms with Crippen molar-refractivity contribution in [3.05, 3.63) is 35.9 Å². The molecule has 1 heterocycles. The molecule has 3 rings (SSSR count). The SMILES string of the molecule is CC(C)CN1CCC(NC(=O)[C@H]2C[C@H]2c2ccccc2)CC1. The van der Waals surface area contributed by atoms with Gasteiger partial charge in [0.2, 0.25) is 5.91 Å². The van der Waals surface area contributed by atoms with Crippen molar-refractivity contribution in [2.75, 3.05) is 19.6 Å². The lowest BCUT2D eigenvalue weighted by molar-refractivity contribution is -0.123. The van der Waals surface area contributed by atoms with Gasteiger partial charge >= 0.3 is 0 Å². The fraction of sp³-hybridized carbons (Fsp3) is 0.632. The van der Waals surface area contributed by atoms with Crippen LogP contribution in [0.4, 0.5) is 0 Å². The summed E-state index contributed by atoms with van der Waals surface area (Å²) in [5, 5.41) is 3.29. The summed E-state index contributed by atoms with van der Waals surface area (Å²) in [7, 11) is 0. The van der Waals surface area contributed by atoms with Crippen molar-refractivity contribution in [2.24, 2.45) is 11.8 Å². The molecule has 1 aliphatic heterocycles. The number of carbonyl (C=O) groups is 1. The summed E-state index contributed by atoms with van der Waals surface area (Å²) in [6, 6.07) is 10.8. The Hall–Kier alpha value is -1.35. The van der Waals surface area contributed by atoms with Crippen LogP contribution in [0.2, 0.25) is 0 Å². The minimum absolute atomic E-state index is 0.205. The van der Waals surface area contributed by atoms with Gasteiger partial charge < -0.3 is 10.2 Å². The van der Waals surface area contributed by atoms with E-state index >= 15 is 0 Å². The highest BCUT2D eigenvalue weighted by Gasteiger charge is 2.44. The van der Waals surface area contributed by atoms with E-state index in [1.165, 1.54) is 12.1 Å². The molecule has 0 spiro atoms. The Kier molecular flexibility index (Phi) is 4.82. The Bertz CT molecular complexity index is 491. The van der Waals surface area contributed by atoms with Crippen LogP contribution in [-0.4, -0.2) is 36.5 Å². The molecule has 0 aromatic heterocycles. The molecular formula is C19H28N2O. The van der Waals surface area contributed by atoms with E-state index in [2.05, 4.69) is 48.3 Å². The van der Waals surface area contributed by atoms with Gasteiger partial charge in [0.05, 0.1) is 0 Å². The molecule has 1 aliphatic carbocycles. The van der Waals surface area contributed by atoms with Crippen LogP contribution < -0.4 is 5.32 Å². The zero-order valence-electron chi connectivity index (χ0n) is 13.8. The van der Waals surface area contributed by atoms with Crippen LogP contribution in [0.15, 0.2) is 30.3 Å². The molecule has 3 nitrogen and oxygen atoms in total. The second-order valence-corrected chi connectivity index (χ2v) is 7.34. The predicted octanol–water partition coefficient (Wildman–Crippen LogP) is 3.03. The zero-order valence-corrected chi connectivity index (χ0v) is 13.8. The van der Waals surface area contributed by atoms with Crippen LogP contribution in [0.5, 0.6) is 0 Å². The molecule has 0 bridgehead atoms. The first kappa shape index (κ1) is 15.5. The molecule has 0 unspecified atom stereocenters. The first-order valence-corrected chi connectivity index (χ1v) is 8.71. The topological polar surface area (TPSA) is 32.3 Å². The Balaban J connectivity index is 1.42. The summed E-state index contributed by atoms with van der Waals surface area (Å²) in [5.41, 5.74) is 1.31. The van der Waals surface area contributed by atoms with E-state index in [0.29, 0.717) is 12.0 Å². The number of amides is 1. The number of benzene rings is 1. The van der Waals surface area contributed by atoms with E-state index in [1.54, 1.807) is 0 Å². The monoisotopic (exact) mass is 300 g/mol. The molecule has 1 saturated carbocycles. The van der Waals surface area contributed by atoms with Crippen LogP contribution in [0.1, 0.15) is 44.6 Å². The normalized spacial score (nSPS) is 26.1. The fourth-order valence-electron chi connectivity index (χ4n) is 3.64. The number of hydrogen-bond donors (Lipinski definition) is 1. The predicted molar refractivity (Wildman–Crippen MR) is 89.7 cm³/mol. The zero-order chi connectivity index (χ0) is 15.5. The lowest BCUT2D eigenvalue weighted by Gasteiger charge is -2.33. The van der Waals surface area contributed by atoms with Gasteiger partial charge in [0, 0.05) is 31.6 Å². The molecule has 1 amide bonds. The maximum absolute atomic E-state index is 12.4. The molecule has 2 atom stereocenters. The van der Waals surface area contributed by atoms with Crippen LogP contribution in [0, 0.1) is 11.8 Å². The minimum atomic E-state index is 0.205. The second-order valence-electron chi connectivity index (χ2n) is 7.34. The quantitative estimate of drug-likeness (QED) is 0.906. The van der Waals surface area contributed by atoms with Gasteiger partial charge in [-0.3, -0.25) is 4.79 Å². The standard InChI is InChI=1S/C19H28N2O/c1-14(2)13-21-10-8-16(9-11-21)20-19(22)18-12-17(18)15-6-4-3-5-7-15/h3-7,14,16-18H,8-13H2,1-2H3,(H,20,22)/t17-,18-/m0/s1. The summed E-state index contributed by atoms with van der Waals surface area (Å²) in [6.45, 7) is 7.96. The first-order valence-electron chi connectivity index (χ1n) is 8.71. The summed E-state index contributed by atoms with van der Waals surface area (Å²) >= 11 is 0. The Labute approximate surface area is 134 Å². The lowest BCUT2D eigenvalue weighted by Crippen LogP contribution is -2.46. The van der Waals surface area contributed by atoms with Crippen molar-refractivity contribution < 1.29 is 4.79 Å². The van der Waals surface area contributed by atoms with E-state index < -0.39 is 0 Å². The van der Waals surface area contributed by atoms with Gasteiger partial charge in [-0.05, 0) is 36.7 Å². The Morgan fingerprint density at radius 3 is 2.55 bits per heavy atom. The molecule has 0 radical (unpaired) electrons. The average molecular weight is 300 g/mol. The third-order valence-electron chi connectivity index (χ3n) is 4.91. The molecule has 2 aliphatic rings. The largest absolute Gasteiger partial charge is 0.353 e. The fourth-order valence-corrected chi connectivity index (χ4v) is 3.64. The summed E-state index contributed by atoms with van der Waals surface area (Å²) in [4.78, 5) is 14.9. The molecule has 1 aromatic carbocycles. The smallest absolute Gasteiger partial charge is 0.223 e. The molecular weight excluding hydrogens is 272 g/mol. The van der Waals surface area contributed by atoms with E-state index in [-0.39, 0.29) is 11.8 Å².